The summed E-state index contributed by atoms with van der Waals surface area (Å²) in [5.41, 5.74) is 1.80. The Hall–Kier alpha value is -0.540. The average molecular weight is 326 g/mol. The van der Waals surface area contributed by atoms with Crippen molar-refractivity contribution in [3.05, 3.63) is 28.2 Å². The van der Waals surface area contributed by atoms with Crippen LogP contribution < -0.4 is 10.1 Å². The average Bonchev–Trinajstić information content (AvgIpc) is 2.39. The van der Waals surface area contributed by atoms with E-state index in [0.29, 0.717) is 11.5 Å². The van der Waals surface area contributed by atoms with Crippen LogP contribution in [0, 0.1) is 5.41 Å². The number of nitrogens with one attached hydrogen (secondary N) is 1. The monoisotopic (exact) mass is 325 g/mol. The van der Waals surface area contributed by atoms with E-state index >= 15 is 0 Å². The molecule has 0 saturated heterocycles. The standard InChI is InChI=1S/C16H24BrNO/c1-16(2)8-6-13(7-9-16)18-11-12-10-14(19-3)4-5-15(12)17/h4-5,10,13,18H,6-9,11H2,1-3H3. The zero-order valence-electron chi connectivity index (χ0n) is 12.1. The summed E-state index contributed by atoms with van der Waals surface area (Å²) in [7, 11) is 1.71. The third kappa shape index (κ3) is 4.22. The van der Waals surface area contributed by atoms with Crippen molar-refractivity contribution in [1.29, 1.82) is 0 Å². The Bertz CT molecular complexity index is 421. The first-order valence-electron chi connectivity index (χ1n) is 7.06. The van der Waals surface area contributed by atoms with Crippen LogP contribution >= 0.6 is 15.9 Å². The number of halogens is 1. The lowest BCUT2D eigenvalue weighted by atomic mass is 9.75. The summed E-state index contributed by atoms with van der Waals surface area (Å²) in [6.07, 6.45) is 5.22. The molecule has 0 aliphatic heterocycles. The van der Waals surface area contributed by atoms with Gasteiger partial charge in [0.2, 0.25) is 0 Å². The van der Waals surface area contributed by atoms with Gasteiger partial charge in [-0.2, -0.15) is 0 Å². The Labute approximate surface area is 125 Å². The largest absolute Gasteiger partial charge is 0.497 e. The molecule has 0 spiro atoms. The molecule has 2 rings (SSSR count). The number of methoxy groups -OCH3 is 1. The second-order valence-corrected chi connectivity index (χ2v) is 7.13. The maximum absolute atomic E-state index is 5.28. The van der Waals surface area contributed by atoms with Crippen molar-refractivity contribution in [2.75, 3.05) is 7.11 Å². The predicted octanol–water partition coefficient (Wildman–Crippen LogP) is 4.52. The molecule has 0 atom stereocenters. The highest BCUT2D eigenvalue weighted by Gasteiger charge is 2.26. The van der Waals surface area contributed by atoms with Crippen molar-refractivity contribution < 1.29 is 4.74 Å². The first kappa shape index (κ1) is 14.9. The van der Waals surface area contributed by atoms with Crippen LogP contribution in [0.25, 0.3) is 0 Å². The van der Waals surface area contributed by atoms with Crippen molar-refractivity contribution in [3.63, 3.8) is 0 Å². The lowest BCUT2D eigenvalue weighted by molar-refractivity contribution is 0.206. The molecule has 0 radical (unpaired) electrons. The van der Waals surface area contributed by atoms with Gasteiger partial charge < -0.3 is 10.1 Å². The Balaban J connectivity index is 1.89. The lowest BCUT2D eigenvalue weighted by Crippen LogP contribution is -2.35. The molecule has 2 nitrogen and oxygen atoms in total. The molecule has 1 aromatic rings. The summed E-state index contributed by atoms with van der Waals surface area (Å²) in [6, 6.07) is 6.80. The smallest absolute Gasteiger partial charge is 0.119 e. The van der Waals surface area contributed by atoms with Gasteiger partial charge in [-0.05, 0) is 54.9 Å². The molecular formula is C16H24BrNO. The van der Waals surface area contributed by atoms with Gasteiger partial charge in [-0.15, -0.1) is 0 Å². The molecule has 1 aliphatic carbocycles. The predicted molar refractivity (Wildman–Crippen MR) is 83.6 cm³/mol. The highest BCUT2D eigenvalue weighted by Crippen LogP contribution is 2.35. The van der Waals surface area contributed by atoms with Crippen molar-refractivity contribution >= 4 is 15.9 Å². The van der Waals surface area contributed by atoms with Crippen molar-refractivity contribution in [2.45, 2.75) is 52.1 Å². The van der Waals surface area contributed by atoms with Gasteiger partial charge in [-0.1, -0.05) is 29.8 Å². The molecule has 0 amide bonds. The molecule has 0 unspecified atom stereocenters. The second-order valence-electron chi connectivity index (χ2n) is 6.28. The molecule has 19 heavy (non-hydrogen) atoms. The maximum atomic E-state index is 5.28. The molecule has 1 saturated carbocycles. The summed E-state index contributed by atoms with van der Waals surface area (Å²) < 4.78 is 6.43. The Kier molecular flexibility index (Phi) is 4.91. The van der Waals surface area contributed by atoms with Crippen molar-refractivity contribution in [2.24, 2.45) is 5.41 Å². The first-order valence-corrected chi connectivity index (χ1v) is 7.85. The first-order chi connectivity index (χ1) is 9.00. The van der Waals surface area contributed by atoms with Gasteiger partial charge in [0.05, 0.1) is 7.11 Å². The van der Waals surface area contributed by atoms with E-state index in [0.717, 1.165) is 16.8 Å². The highest BCUT2D eigenvalue weighted by atomic mass is 79.9. The number of benzene rings is 1. The normalized spacial score (nSPS) is 19.4. The van der Waals surface area contributed by atoms with E-state index < -0.39 is 0 Å². The van der Waals surface area contributed by atoms with Crippen molar-refractivity contribution in [3.8, 4) is 5.75 Å². The highest BCUT2D eigenvalue weighted by molar-refractivity contribution is 9.10. The second kappa shape index (κ2) is 6.27. The fraction of sp³-hybridized carbons (Fsp3) is 0.625. The SMILES string of the molecule is COc1ccc(Br)c(CNC2CCC(C)(C)CC2)c1. The zero-order chi connectivity index (χ0) is 13.9. The number of rotatable bonds is 4. The Morgan fingerprint density at radius 2 is 2.00 bits per heavy atom. The third-order valence-electron chi connectivity index (χ3n) is 4.17. The van der Waals surface area contributed by atoms with E-state index in [1.165, 1.54) is 31.2 Å². The van der Waals surface area contributed by atoms with Crippen LogP contribution in [0.1, 0.15) is 45.1 Å². The van der Waals surface area contributed by atoms with E-state index in [1.54, 1.807) is 7.11 Å². The topological polar surface area (TPSA) is 21.3 Å². The molecule has 1 aliphatic rings. The molecule has 106 valence electrons. The summed E-state index contributed by atoms with van der Waals surface area (Å²) >= 11 is 3.61. The van der Waals surface area contributed by atoms with Gasteiger partial charge in [-0.25, -0.2) is 0 Å². The third-order valence-corrected chi connectivity index (χ3v) is 4.95. The van der Waals surface area contributed by atoms with Gasteiger partial charge in [0, 0.05) is 17.1 Å². The van der Waals surface area contributed by atoms with Gasteiger partial charge in [-0.3, -0.25) is 0 Å². The van der Waals surface area contributed by atoms with E-state index in [2.05, 4.69) is 47.2 Å². The zero-order valence-corrected chi connectivity index (χ0v) is 13.7. The molecule has 3 heteroatoms. The molecule has 1 fully saturated rings. The summed E-state index contributed by atoms with van der Waals surface area (Å²) in [4.78, 5) is 0. The number of hydrogen-bond acceptors (Lipinski definition) is 2. The van der Waals surface area contributed by atoms with E-state index in [9.17, 15) is 0 Å². The van der Waals surface area contributed by atoms with Crippen LogP contribution in [-0.4, -0.2) is 13.2 Å². The van der Waals surface area contributed by atoms with Gasteiger partial charge in [0.25, 0.3) is 0 Å². The van der Waals surface area contributed by atoms with Crippen LogP contribution in [0.4, 0.5) is 0 Å². The summed E-state index contributed by atoms with van der Waals surface area (Å²) in [5.74, 6) is 0.921. The van der Waals surface area contributed by atoms with Gasteiger partial charge >= 0.3 is 0 Å². The van der Waals surface area contributed by atoms with Gasteiger partial charge in [0.1, 0.15) is 5.75 Å². The van der Waals surface area contributed by atoms with Crippen LogP contribution in [0.3, 0.4) is 0 Å². The van der Waals surface area contributed by atoms with E-state index in [-0.39, 0.29) is 0 Å². The molecule has 1 N–H and O–H groups in total. The molecule has 0 aromatic heterocycles. The molecule has 1 aromatic carbocycles. The van der Waals surface area contributed by atoms with Crippen molar-refractivity contribution in [1.82, 2.24) is 5.32 Å². The molecule has 0 bridgehead atoms. The van der Waals surface area contributed by atoms with Crippen LogP contribution in [0.2, 0.25) is 0 Å². The Morgan fingerprint density at radius 3 is 2.63 bits per heavy atom. The lowest BCUT2D eigenvalue weighted by Gasteiger charge is -2.34. The minimum Gasteiger partial charge on any atom is -0.497 e. The van der Waals surface area contributed by atoms with E-state index in [1.807, 2.05) is 6.07 Å². The van der Waals surface area contributed by atoms with Crippen LogP contribution in [0.15, 0.2) is 22.7 Å². The fourth-order valence-corrected chi connectivity index (χ4v) is 3.06. The summed E-state index contributed by atoms with van der Waals surface area (Å²) in [5, 5.41) is 3.68. The minimum absolute atomic E-state index is 0.536. The molecular weight excluding hydrogens is 302 g/mol. The van der Waals surface area contributed by atoms with E-state index in [4.69, 9.17) is 4.74 Å². The summed E-state index contributed by atoms with van der Waals surface area (Å²) in [6.45, 7) is 5.66. The quantitative estimate of drug-likeness (QED) is 0.878. The fourth-order valence-electron chi connectivity index (χ4n) is 2.67. The molecule has 0 heterocycles. The number of ether oxygens (including phenoxy) is 1. The maximum Gasteiger partial charge on any atom is 0.119 e. The van der Waals surface area contributed by atoms with Crippen LogP contribution in [-0.2, 0) is 6.54 Å². The minimum atomic E-state index is 0.536. The van der Waals surface area contributed by atoms with Crippen LogP contribution in [0.5, 0.6) is 5.75 Å². The van der Waals surface area contributed by atoms with Gasteiger partial charge in [0.15, 0.2) is 0 Å². The number of hydrogen-bond donors (Lipinski definition) is 1. The Morgan fingerprint density at radius 1 is 1.32 bits per heavy atom.